The fourth-order valence-electron chi connectivity index (χ4n) is 1.89. The summed E-state index contributed by atoms with van der Waals surface area (Å²) >= 11 is 0. The van der Waals surface area contributed by atoms with Gasteiger partial charge >= 0.3 is 5.69 Å². The summed E-state index contributed by atoms with van der Waals surface area (Å²) in [5.74, 6) is 0. The van der Waals surface area contributed by atoms with Gasteiger partial charge in [0.1, 0.15) is 12.4 Å². The molecule has 0 aliphatic heterocycles. The van der Waals surface area contributed by atoms with E-state index in [1.165, 1.54) is 17.1 Å². The zero-order valence-corrected chi connectivity index (χ0v) is 11.6. The van der Waals surface area contributed by atoms with Gasteiger partial charge in [0.2, 0.25) is 0 Å². The van der Waals surface area contributed by atoms with E-state index in [-0.39, 0.29) is 18.3 Å². The monoisotopic (exact) mass is 291 g/mol. The van der Waals surface area contributed by atoms with Crippen molar-refractivity contribution < 1.29 is 10.0 Å². The standard InChI is InChI=1S/C13H17N5O3/c1-10(11-3-2-4-14-5-11)15-7-13(19)9-17-8-12(6-16-17)18(20)21/h2-6,8,10,13,15,19H,7,9H2,1H3. The average molecular weight is 291 g/mol. The highest BCUT2D eigenvalue weighted by Gasteiger charge is 2.13. The van der Waals surface area contributed by atoms with Gasteiger partial charge in [-0.05, 0) is 18.6 Å². The van der Waals surface area contributed by atoms with Crippen LogP contribution < -0.4 is 5.32 Å². The molecule has 0 fully saturated rings. The summed E-state index contributed by atoms with van der Waals surface area (Å²) in [6, 6.07) is 3.86. The van der Waals surface area contributed by atoms with Crippen LogP contribution in [0.1, 0.15) is 18.5 Å². The van der Waals surface area contributed by atoms with Crippen LogP contribution in [0.2, 0.25) is 0 Å². The predicted octanol–water partition coefficient (Wildman–Crippen LogP) is 0.898. The quantitative estimate of drug-likeness (QED) is 0.580. The van der Waals surface area contributed by atoms with Crippen molar-refractivity contribution in [3.8, 4) is 0 Å². The smallest absolute Gasteiger partial charge is 0.306 e. The molecule has 0 aliphatic carbocycles. The van der Waals surface area contributed by atoms with Gasteiger partial charge < -0.3 is 10.4 Å². The van der Waals surface area contributed by atoms with Gasteiger partial charge in [0.05, 0.1) is 17.6 Å². The average Bonchev–Trinajstić information content (AvgIpc) is 2.94. The molecular weight excluding hydrogens is 274 g/mol. The van der Waals surface area contributed by atoms with E-state index in [1.54, 1.807) is 12.4 Å². The SMILES string of the molecule is CC(NCC(O)Cn1cc([N+](=O)[O-])cn1)c1cccnc1. The van der Waals surface area contributed by atoms with Crippen molar-refractivity contribution in [3.63, 3.8) is 0 Å². The first-order valence-electron chi connectivity index (χ1n) is 6.54. The predicted molar refractivity (Wildman–Crippen MR) is 75.5 cm³/mol. The summed E-state index contributed by atoms with van der Waals surface area (Å²) in [6.07, 6.45) is 5.24. The van der Waals surface area contributed by atoms with Crippen LogP contribution in [0, 0.1) is 10.1 Å². The Labute approximate surface area is 121 Å². The van der Waals surface area contributed by atoms with Crippen molar-refractivity contribution in [2.75, 3.05) is 6.54 Å². The molecule has 2 rings (SSSR count). The van der Waals surface area contributed by atoms with E-state index in [0.29, 0.717) is 6.54 Å². The van der Waals surface area contributed by atoms with Crippen LogP contribution in [0.4, 0.5) is 5.69 Å². The fraction of sp³-hybridized carbons (Fsp3) is 0.385. The molecule has 2 aromatic rings. The lowest BCUT2D eigenvalue weighted by atomic mass is 10.1. The van der Waals surface area contributed by atoms with Crippen LogP contribution in [0.25, 0.3) is 0 Å². The van der Waals surface area contributed by atoms with Gasteiger partial charge in [0, 0.05) is 25.0 Å². The third kappa shape index (κ3) is 4.33. The number of nitrogens with one attached hydrogen (secondary N) is 1. The minimum atomic E-state index is -0.691. The van der Waals surface area contributed by atoms with Crippen molar-refractivity contribution in [2.45, 2.75) is 25.6 Å². The summed E-state index contributed by atoms with van der Waals surface area (Å²) in [4.78, 5) is 14.1. The lowest BCUT2D eigenvalue weighted by Gasteiger charge is -2.17. The Kier molecular flexibility index (Phi) is 4.96. The molecule has 8 heteroatoms. The highest BCUT2D eigenvalue weighted by atomic mass is 16.6. The molecule has 0 radical (unpaired) electrons. The van der Waals surface area contributed by atoms with Crippen LogP contribution in [-0.4, -0.2) is 37.4 Å². The van der Waals surface area contributed by atoms with Gasteiger partial charge in [0.15, 0.2) is 0 Å². The van der Waals surface area contributed by atoms with Crippen molar-refractivity contribution in [1.82, 2.24) is 20.1 Å². The molecule has 0 spiro atoms. The molecule has 2 atom stereocenters. The third-order valence-corrected chi connectivity index (χ3v) is 3.07. The number of hydrogen-bond acceptors (Lipinski definition) is 6. The number of rotatable bonds is 7. The molecule has 0 aromatic carbocycles. The van der Waals surface area contributed by atoms with E-state index in [0.717, 1.165) is 5.56 Å². The Morgan fingerprint density at radius 3 is 2.95 bits per heavy atom. The number of pyridine rings is 1. The number of aliphatic hydroxyl groups is 1. The molecule has 0 saturated heterocycles. The van der Waals surface area contributed by atoms with E-state index >= 15 is 0 Å². The molecule has 0 aliphatic rings. The van der Waals surface area contributed by atoms with Crippen LogP contribution >= 0.6 is 0 Å². The Balaban J connectivity index is 1.81. The minimum absolute atomic E-state index is 0.0558. The van der Waals surface area contributed by atoms with Gasteiger partial charge in [-0.3, -0.25) is 19.8 Å². The minimum Gasteiger partial charge on any atom is -0.390 e. The molecule has 21 heavy (non-hydrogen) atoms. The molecule has 0 saturated carbocycles. The maximum atomic E-state index is 10.5. The molecule has 2 unspecified atom stereocenters. The van der Waals surface area contributed by atoms with E-state index in [2.05, 4.69) is 15.4 Å². The van der Waals surface area contributed by atoms with Gasteiger partial charge in [-0.15, -0.1) is 0 Å². The summed E-state index contributed by atoms with van der Waals surface area (Å²) in [5, 5.41) is 27.5. The largest absolute Gasteiger partial charge is 0.390 e. The number of nitro groups is 1. The van der Waals surface area contributed by atoms with Crippen LogP contribution in [-0.2, 0) is 6.54 Å². The second-order valence-corrected chi connectivity index (χ2v) is 4.75. The van der Waals surface area contributed by atoms with Gasteiger partial charge in [-0.1, -0.05) is 6.07 Å². The Hall–Kier alpha value is -2.32. The molecule has 2 N–H and O–H groups in total. The maximum absolute atomic E-state index is 10.5. The number of nitrogens with zero attached hydrogens (tertiary/aromatic N) is 4. The normalized spacial score (nSPS) is 13.8. The lowest BCUT2D eigenvalue weighted by Crippen LogP contribution is -2.32. The summed E-state index contributed by atoms with van der Waals surface area (Å²) in [6.45, 7) is 2.52. The topological polar surface area (TPSA) is 106 Å². The maximum Gasteiger partial charge on any atom is 0.306 e. The Bertz CT molecular complexity index is 587. The third-order valence-electron chi connectivity index (χ3n) is 3.07. The van der Waals surface area contributed by atoms with E-state index < -0.39 is 11.0 Å². The number of aromatic nitrogens is 3. The van der Waals surface area contributed by atoms with E-state index in [1.807, 2.05) is 19.1 Å². The highest BCUT2D eigenvalue weighted by Crippen LogP contribution is 2.10. The van der Waals surface area contributed by atoms with Crippen molar-refractivity contribution in [3.05, 3.63) is 52.6 Å². The molecule has 112 valence electrons. The Morgan fingerprint density at radius 1 is 1.52 bits per heavy atom. The molecule has 8 nitrogen and oxygen atoms in total. The van der Waals surface area contributed by atoms with E-state index in [4.69, 9.17) is 0 Å². The van der Waals surface area contributed by atoms with Crippen molar-refractivity contribution >= 4 is 5.69 Å². The first-order chi connectivity index (χ1) is 10.1. The van der Waals surface area contributed by atoms with Crippen molar-refractivity contribution in [2.24, 2.45) is 0 Å². The molecule has 2 aromatic heterocycles. The van der Waals surface area contributed by atoms with Gasteiger partial charge in [-0.2, -0.15) is 5.10 Å². The highest BCUT2D eigenvalue weighted by molar-refractivity contribution is 5.20. The van der Waals surface area contributed by atoms with Gasteiger partial charge in [-0.25, -0.2) is 0 Å². The Morgan fingerprint density at radius 2 is 2.33 bits per heavy atom. The van der Waals surface area contributed by atoms with Crippen LogP contribution in [0.5, 0.6) is 0 Å². The zero-order valence-electron chi connectivity index (χ0n) is 11.6. The van der Waals surface area contributed by atoms with Gasteiger partial charge in [0.25, 0.3) is 0 Å². The summed E-state index contributed by atoms with van der Waals surface area (Å²) < 4.78 is 1.36. The second kappa shape index (κ2) is 6.91. The first-order valence-corrected chi connectivity index (χ1v) is 6.54. The fourth-order valence-corrected chi connectivity index (χ4v) is 1.89. The zero-order chi connectivity index (χ0) is 15.2. The molecule has 0 bridgehead atoms. The van der Waals surface area contributed by atoms with Crippen LogP contribution in [0.15, 0.2) is 36.9 Å². The lowest BCUT2D eigenvalue weighted by molar-refractivity contribution is -0.385. The summed E-state index contributed by atoms with van der Waals surface area (Å²) in [7, 11) is 0. The van der Waals surface area contributed by atoms with E-state index in [9.17, 15) is 15.2 Å². The molecule has 2 heterocycles. The van der Waals surface area contributed by atoms with Crippen molar-refractivity contribution in [1.29, 1.82) is 0 Å². The molecular formula is C13H17N5O3. The van der Waals surface area contributed by atoms with Crippen LogP contribution in [0.3, 0.4) is 0 Å². The second-order valence-electron chi connectivity index (χ2n) is 4.75. The first kappa shape index (κ1) is 15.1. The number of aliphatic hydroxyl groups excluding tert-OH is 1. The summed E-state index contributed by atoms with van der Waals surface area (Å²) in [5.41, 5.74) is 0.943. The molecule has 0 amide bonds. The number of hydrogen-bond donors (Lipinski definition) is 2.